The first-order valence-corrected chi connectivity index (χ1v) is 8.12. The van der Waals surface area contributed by atoms with Gasteiger partial charge in [-0.1, -0.05) is 6.42 Å². The second kappa shape index (κ2) is 4.47. The average molecular weight is 259 g/mol. The zero-order valence-corrected chi connectivity index (χ0v) is 11.0. The van der Waals surface area contributed by atoms with Crippen LogP contribution < -0.4 is 5.73 Å². The molecule has 2 unspecified atom stereocenters. The molecule has 2 rings (SSSR count). The Morgan fingerprint density at radius 1 is 1.50 bits per heavy atom. The van der Waals surface area contributed by atoms with Crippen LogP contribution in [0.3, 0.4) is 0 Å². The highest BCUT2D eigenvalue weighted by Gasteiger charge is 2.34. The highest BCUT2D eigenvalue weighted by Crippen LogP contribution is 2.30. The Bertz CT molecular complexity index is 464. The summed E-state index contributed by atoms with van der Waals surface area (Å²) < 4.78 is 23.9. The van der Waals surface area contributed by atoms with Gasteiger partial charge < -0.3 is 5.73 Å². The summed E-state index contributed by atoms with van der Waals surface area (Å²) in [7, 11) is -2.98. The summed E-state index contributed by atoms with van der Waals surface area (Å²) in [4.78, 5) is 1.18. The van der Waals surface area contributed by atoms with E-state index in [1.54, 1.807) is 11.3 Å². The van der Waals surface area contributed by atoms with E-state index in [9.17, 15) is 8.42 Å². The number of sulfone groups is 1. The van der Waals surface area contributed by atoms with Crippen LogP contribution in [0.25, 0.3) is 0 Å². The summed E-state index contributed by atoms with van der Waals surface area (Å²) in [6, 6.07) is 1.65. The number of nitrogens with two attached hydrogens (primary N) is 1. The van der Waals surface area contributed by atoms with Gasteiger partial charge in [0.05, 0.1) is 11.0 Å². The highest BCUT2D eigenvalue weighted by atomic mass is 32.2. The molecule has 3 nitrogen and oxygen atoms in total. The number of hydrogen-bond acceptors (Lipinski definition) is 4. The van der Waals surface area contributed by atoms with Crippen molar-refractivity contribution in [2.75, 3.05) is 5.75 Å². The second-order valence-corrected chi connectivity index (χ2v) is 7.87. The molecule has 0 saturated carbocycles. The fraction of sp³-hybridized carbons (Fsp3) is 0.636. The average Bonchev–Trinajstić information content (AvgIpc) is 2.63. The van der Waals surface area contributed by atoms with Gasteiger partial charge >= 0.3 is 0 Å². The molecule has 2 atom stereocenters. The largest absolute Gasteiger partial charge is 0.323 e. The van der Waals surface area contributed by atoms with Gasteiger partial charge in [-0.2, -0.15) is 0 Å². The summed E-state index contributed by atoms with van der Waals surface area (Å²) in [5.74, 6) is 0.300. The lowest BCUT2D eigenvalue weighted by Crippen LogP contribution is -2.37. The fourth-order valence-corrected chi connectivity index (χ4v) is 5.03. The van der Waals surface area contributed by atoms with E-state index in [-0.39, 0.29) is 11.3 Å². The molecule has 2 N–H and O–H groups in total. The third-order valence-electron chi connectivity index (χ3n) is 3.17. The second-order valence-electron chi connectivity index (χ2n) is 4.42. The van der Waals surface area contributed by atoms with Gasteiger partial charge in [-0.15, -0.1) is 11.3 Å². The van der Waals surface area contributed by atoms with Gasteiger partial charge in [-0.3, -0.25) is 0 Å². The Morgan fingerprint density at radius 2 is 2.25 bits per heavy atom. The molecule has 1 aliphatic rings. The van der Waals surface area contributed by atoms with Crippen LogP contribution in [0.1, 0.15) is 35.7 Å². The van der Waals surface area contributed by atoms with Crippen molar-refractivity contribution in [3.63, 3.8) is 0 Å². The van der Waals surface area contributed by atoms with Crippen molar-refractivity contribution in [1.82, 2.24) is 0 Å². The molecule has 1 aliphatic heterocycles. The van der Waals surface area contributed by atoms with Crippen LogP contribution in [0.15, 0.2) is 11.4 Å². The van der Waals surface area contributed by atoms with E-state index in [4.69, 9.17) is 5.73 Å². The first-order chi connectivity index (χ1) is 7.50. The van der Waals surface area contributed by atoms with Crippen LogP contribution in [-0.4, -0.2) is 19.4 Å². The van der Waals surface area contributed by atoms with Crippen molar-refractivity contribution in [3.8, 4) is 0 Å². The van der Waals surface area contributed by atoms with Crippen LogP contribution in [0.4, 0.5) is 0 Å². The summed E-state index contributed by atoms with van der Waals surface area (Å²) in [5, 5.41) is 1.60. The van der Waals surface area contributed by atoms with Gasteiger partial charge in [0.25, 0.3) is 0 Å². The Hall–Kier alpha value is -0.390. The van der Waals surface area contributed by atoms with Gasteiger partial charge in [-0.05, 0) is 36.8 Å². The Kier molecular flexibility index (Phi) is 3.37. The van der Waals surface area contributed by atoms with E-state index >= 15 is 0 Å². The van der Waals surface area contributed by atoms with E-state index in [1.165, 1.54) is 4.88 Å². The lowest BCUT2D eigenvalue weighted by atomic mass is 10.0. The highest BCUT2D eigenvalue weighted by molar-refractivity contribution is 7.92. The lowest BCUT2D eigenvalue weighted by molar-refractivity contribution is 0.505. The minimum Gasteiger partial charge on any atom is -0.323 e. The molecule has 1 aromatic rings. The smallest absolute Gasteiger partial charge is 0.155 e. The molecule has 1 aromatic heterocycles. The Morgan fingerprint density at radius 3 is 2.81 bits per heavy atom. The molecule has 16 heavy (non-hydrogen) atoms. The number of hydrogen-bond donors (Lipinski definition) is 1. The molecule has 1 saturated heterocycles. The van der Waals surface area contributed by atoms with Crippen molar-refractivity contribution >= 4 is 21.2 Å². The molecule has 5 heteroatoms. The third kappa shape index (κ3) is 2.31. The van der Waals surface area contributed by atoms with Gasteiger partial charge in [0, 0.05) is 10.9 Å². The van der Waals surface area contributed by atoms with Crippen LogP contribution >= 0.6 is 11.3 Å². The molecule has 2 heterocycles. The molecule has 0 aromatic carbocycles. The van der Waals surface area contributed by atoms with Crippen LogP contribution in [0.5, 0.6) is 0 Å². The summed E-state index contributed by atoms with van der Waals surface area (Å²) in [6.45, 7) is 2.01. The van der Waals surface area contributed by atoms with E-state index in [0.717, 1.165) is 18.4 Å². The lowest BCUT2D eigenvalue weighted by Gasteiger charge is -2.27. The topological polar surface area (TPSA) is 60.2 Å². The SMILES string of the molecule is Cc1cc(C(N)C2CCCCS2(=O)=O)cs1. The molecule has 1 fully saturated rings. The maximum atomic E-state index is 11.9. The van der Waals surface area contributed by atoms with Crippen molar-refractivity contribution in [1.29, 1.82) is 0 Å². The molecule has 0 bridgehead atoms. The van der Waals surface area contributed by atoms with Crippen molar-refractivity contribution < 1.29 is 8.42 Å². The Balaban J connectivity index is 2.24. The standard InChI is InChI=1S/C11H17NO2S2/c1-8-6-9(7-15-8)11(12)10-4-2-3-5-16(10,13)14/h6-7,10-11H,2-5,12H2,1H3. The Labute approximate surface area is 101 Å². The molecular formula is C11H17NO2S2. The zero-order chi connectivity index (χ0) is 11.8. The van der Waals surface area contributed by atoms with Gasteiger partial charge in [0.1, 0.15) is 0 Å². The minimum absolute atomic E-state index is 0.300. The van der Waals surface area contributed by atoms with Crippen molar-refractivity contribution in [3.05, 3.63) is 21.9 Å². The van der Waals surface area contributed by atoms with Gasteiger partial charge in [0.2, 0.25) is 0 Å². The van der Waals surface area contributed by atoms with Crippen molar-refractivity contribution in [2.45, 2.75) is 37.5 Å². The third-order valence-corrected chi connectivity index (χ3v) is 6.35. The summed E-state index contributed by atoms with van der Waals surface area (Å²) >= 11 is 1.62. The maximum absolute atomic E-state index is 11.9. The number of aryl methyl sites for hydroxylation is 1. The van der Waals surface area contributed by atoms with E-state index in [1.807, 2.05) is 18.4 Å². The van der Waals surface area contributed by atoms with E-state index in [0.29, 0.717) is 12.2 Å². The summed E-state index contributed by atoms with van der Waals surface area (Å²) in [5.41, 5.74) is 7.06. The fourth-order valence-electron chi connectivity index (χ4n) is 2.24. The quantitative estimate of drug-likeness (QED) is 0.884. The van der Waals surface area contributed by atoms with Gasteiger partial charge in [-0.25, -0.2) is 8.42 Å². The number of thiophene rings is 1. The van der Waals surface area contributed by atoms with Gasteiger partial charge in [0.15, 0.2) is 9.84 Å². The van der Waals surface area contributed by atoms with E-state index in [2.05, 4.69) is 0 Å². The predicted octanol–water partition coefficient (Wildman–Crippen LogP) is 2.02. The van der Waals surface area contributed by atoms with Crippen LogP contribution in [-0.2, 0) is 9.84 Å². The molecule has 0 radical (unpaired) electrons. The normalized spacial score (nSPS) is 26.5. The van der Waals surface area contributed by atoms with Crippen LogP contribution in [0.2, 0.25) is 0 Å². The molecule has 0 aliphatic carbocycles. The molecular weight excluding hydrogens is 242 g/mol. The van der Waals surface area contributed by atoms with E-state index < -0.39 is 9.84 Å². The monoisotopic (exact) mass is 259 g/mol. The molecule has 90 valence electrons. The summed E-state index contributed by atoms with van der Waals surface area (Å²) in [6.07, 6.45) is 2.47. The van der Waals surface area contributed by atoms with Crippen molar-refractivity contribution in [2.24, 2.45) is 5.73 Å². The predicted molar refractivity (Wildman–Crippen MR) is 67.4 cm³/mol. The molecule has 0 spiro atoms. The maximum Gasteiger partial charge on any atom is 0.155 e. The zero-order valence-electron chi connectivity index (χ0n) is 9.35. The first kappa shape index (κ1) is 12.1. The van der Waals surface area contributed by atoms with Crippen LogP contribution in [0, 0.1) is 6.92 Å². The minimum atomic E-state index is -2.98. The molecule has 0 amide bonds. The number of rotatable bonds is 2. The first-order valence-electron chi connectivity index (χ1n) is 5.53.